The molecule has 1 N–H and O–H groups in total. The van der Waals surface area contributed by atoms with E-state index in [1.807, 2.05) is 0 Å². The molecule has 0 atom stereocenters. The molecule has 0 aliphatic carbocycles. The number of alkyl halides is 3. The second kappa shape index (κ2) is 3.69. The zero-order valence-corrected chi connectivity index (χ0v) is 8.32. The molecule has 0 aliphatic heterocycles. The maximum Gasteiger partial charge on any atom is 0.395 e. The highest BCUT2D eigenvalue weighted by atomic mass is 32.1. The number of nitrogens with one attached hydrogen (secondary N) is 1. The van der Waals surface area contributed by atoms with Crippen molar-refractivity contribution in [1.82, 2.24) is 9.97 Å². The van der Waals surface area contributed by atoms with Crippen molar-refractivity contribution in [1.29, 1.82) is 0 Å². The molecule has 0 radical (unpaired) electrons. The van der Waals surface area contributed by atoms with Gasteiger partial charge in [0.1, 0.15) is 5.01 Å². The average molecular weight is 232 g/mol. The molecule has 2 nitrogen and oxygen atoms in total. The van der Waals surface area contributed by atoms with Gasteiger partial charge in [0.25, 0.3) is 0 Å². The first-order valence-electron chi connectivity index (χ1n) is 4.19. The van der Waals surface area contributed by atoms with Gasteiger partial charge < -0.3 is 4.98 Å². The monoisotopic (exact) mass is 232 g/mol. The van der Waals surface area contributed by atoms with Crippen molar-refractivity contribution < 1.29 is 13.2 Å². The second-order valence-electron chi connectivity index (χ2n) is 3.00. The van der Waals surface area contributed by atoms with E-state index in [4.69, 9.17) is 0 Å². The molecule has 0 amide bonds. The minimum absolute atomic E-state index is 0.0899. The van der Waals surface area contributed by atoms with Gasteiger partial charge in [-0.25, -0.2) is 4.98 Å². The number of halogens is 3. The smallest absolute Gasteiger partial charge is 0.360 e. The third-order valence-electron chi connectivity index (χ3n) is 1.78. The standard InChI is InChI=1S/C9H7F3N2S/c10-9(11,12)4-8-14-7(5-15-8)6-2-1-3-13-6/h1-3,5,13H,4H2. The summed E-state index contributed by atoms with van der Waals surface area (Å²) in [6.45, 7) is 0. The van der Waals surface area contributed by atoms with Crippen molar-refractivity contribution in [2.24, 2.45) is 0 Å². The third-order valence-corrected chi connectivity index (χ3v) is 2.63. The first-order chi connectivity index (χ1) is 7.04. The van der Waals surface area contributed by atoms with Gasteiger partial charge in [0.2, 0.25) is 0 Å². The predicted molar refractivity (Wildman–Crippen MR) is 51.7 cm³/mol. The number of rotatable bonds is 2. The third kappa shape index (κ3) is 2.59. The molecule has 2 rings (SSSR count). The highest BCUT2D eigenvalue weighted by Crippen LogP contribution is 2.26. The molecule has 0 saturated heterocycles. The summed E-state index contributed by atoms with van der Waals surface area (Å²) < 4.78 is 36.2. The zero-order valence-electron chi connectivity index (χ0n) is 7.51. The Morgan fingerprint density at radius 1 is 1.40 bits per heavy atom. The molecule has 0 saturated carbocycles. The fraction of sp³-hybridized carbons (Fsp3) is 0.222. The molecule has 0 bridgehead atoms. The largest absolute Gasteiger partial charge is 0.395 e. The molecule has 80 valence electrons. The number of aromatic amines is 1. The molecular weight excluding hydrogens is 225 g/mol. The summed E-state index contributed by atoms with van der Waals surface area (Å²) in [4.78, 5) is 6.80. The Kier molecular flexibility index (Phi) is 2.52. The lowest BCUT2D eigenvalue weighted by molar-refractivity contribution is -0.127. The van der Waals surface area contributed by atoms with Gasteiger partial charge in [-0.05, 0) is 12.1 Å². The first-order valence-corrected chi connectivity index (χ1v) is 5.07. The van der Waals surface area contributed by atoms with Gasteiger partial charge in [0, 0.05) is 11.6 Å². The average Bonchev–Trinajstić information content (AvgIpc) is 2.68. The van der Waals surface area contributed by atoms with Crippen LogP contribution in [0.2, 0.25) is 0 Å². The van der Waals surface area contributed by atoms with Crippen LogP contribution in [-0.2, 0) is 6.42 Å². The van der Waals surface area contributed by atoms with Gasteiger partial charge in [-0.2, -0.15) is 13.2 Å². The van der Waals surface area contributed by atoms with Crippen LogP contribution in [0.15, 0.2) is 23.7 Å². The lowest BCUT2D eigenvalue weighted by atomic mass is 10.3. The summed E-state index contributed by atoms with van der Waals surface area (Å²) in [5.74, 6) is 0. The van der Waals surface area contributed by atoms with Gasteiger partial charge in [-0.3, -0.25) is 0 Å². The van der Waals surface area contributed by atoms with Crippen LogP contribution in [0.3, 0.4) is 0 Å². The normalized spacial score (nSPS) is 11.9. The van der Waals surface area contributed by atoms with Crippen LogP contribution >= 0.6 is 11.3 Å². The molecule has 0 aliphatic rings. The second-order valence-corrected chi connectivity index (χ2v) is 3.94. The molecule has 2 aromatic rings. The molecule has 0 fully saturated rings. The van der Waals surface area contributed by atoms with E-state index in [1.54, 1.807) is 23.7 Å². The maximum atomic E-state index is 12.1. The first kappa shape index (κ1) is 10.2. The van der Waals surface area contributed by atoms with Gasteiger partial charge in [-0.1, -0.05) is 0 Å². The van der Waals surface area contributed by atoms with Crippen LogP contribution in [0, 0.1) is 0 Å². The van der Waals surface area contributed by atoms with Crippen molar-refractivity contribution in [3.05, 3.63) is 28.7 Å². The van der Waals surface area contributed by atoms with E-state index in [0.29, 0.717) is 5.69 Å². The van der Waals surface area contributed by atoms with E-state index in [0.717, 1.165) is 17.0 Å². The maximum absolute atomic E-state index is 12.1. The summed E-state index contributed by atoms with van der Waals surface area (Å²) in [5, 5.41) is 1.71. The Labute approximate surface area is 87.8 Å². The van der Waals surface area contributed by atoms with E-state index in [9.17, 15) is 13.2 Å². The summed E-state index contributed by atoms with van der Waals surface area (Å²) in [7, 11) is 0. The Balaban J connectivity index is 2.18. The molecule has 15 heavy (non-hydrogen) atoms. The fourth-order valence-electron chi connectivity index (χ4n) is 1.18. The van der Waals surface area contributed by atoms with Crippen LogP contribution < -0.4 is 0 Å². The van der Waals surface area contributed by atoms with E-state index in [-0.39, 0.29) is 5.01 Å². The number of hydrogen-bond acceptors (Lipinski definition) is 2. The fourth-order valence-corrected chi connectivity index (χ4v) is 2.00. The molecule has 6 heteroatoms. The number of thiazole rings is 1. The van der Waals surface area contributed by atoms with Gasteiger partial charge in [0.15, 0.2) is 0 Å². The molecule has 0 spiro atoms. The lowest BCUT2D eigenvalue weighted by Gasteiger charge is -2.01. The van der Waals surface area contributed by atoms with Crippen LogP contribution in [0.4, 0.5) is 13.2 Å². The minimum Gasteiger partial charge on any atom is -0.360 e. The topological polar surface area (TPSA) is 28.7 Å². The van der Waals surface area contributed by atoms with Gasteiger partial charge in [-0.15, -0.1) is 11.3 Å². The van der Waals surface area contributed by atoms with Crippen molar-refractivity contribution in [3.8, 4) is 11.4 Å². The van der Waals surface area contributed by atoms with Crippen molar-refractivity contribution >= 4 is 11.3 Å². The van der Waals surface area contributed by atoms with Crippen LogP contribution in [-0.4, -0.2) is 16.1 Å². The minimum atomic E-state index is -4.19. The summed E-state index contributed by atoms with van der Waals surface area (Å²) in [6.07, 6.45) is -3.44. The van der Waals surface area contributed by atoms with E-state index in [1.165, 1.54) is 0 Å². The Bertz CT molecular complexity index is 430. The lowest BCUT2D eigenvalue weighted by Crippen LogP contribution is -2.11. The van der Waals surface area contributed by atoms with E-state index < -0.39 is 12.6 Å². The SMILES string of the molecule is FC(F)(F)Cc1nc(-c2ccc[nH]2)cs1. The van der Waals surface area contributed by atoms with Crippen LogP contribution in [0.25, 0.3) is 11.4 Å². The quantitative estimate of drug-likeness (QED) is 0.846. The number of nitrogens with zero attached hydrogens (tertiary/aromatic N) is 1. The molecular formula is C9H7F3N2S. The van der Waals surface area contributed by atoms with E-state index >= 15 is 0 Å². The van der Waals surface area contributed by atoms with Crippen LogP contribution in [0.1, 0.15) is 5.01 Å². The number of H-pyrrole nitrogens is 1. The highest BCUT2D eigenvalue weighted by molar-refractivity contribution is 7.09. The molecule has 0 unspecified atom stereocenters. The molecule has 2 heterocycles. The van der Waals surface area contributed by atoms with Crippen molar-refractivity contribution in [3.63, 3.8) is 0 Å². The van der Waals surface area contributed by atoms with Gasteiger partial charge in [0.05, 0.1) is 17.8 Å². The highest BCUT2D eigenvalue weighted by Gasteiger charge is 2.29. The van der Waals surface area contributed by atoms with Crippen molar-refractivity contribution in [2.75, 3.05) is 0 Å². The Hall–Kier alpha value is -1.30. The summed E-state index contributed by atoms with van der Waals surface area (Å²) in [6, 6.07) is 3.55. The molecule has 2 aromatic heterocycles. The number of aromatic nitrogens is 2. The Morgan fingerprint density at radius 2 is 2.20 bits per heavy atom. The van der Waals surface area contributed by atoms with Crippen LogP contribution in [0.5, 0.6) is 0 Å². The number of hydrogen-bond donors (Lipinski definition) is 1. The Morgan fingerprint density at radius 3 is 2.80 bits per heavy atom. The predicted octanol–water partition coefficient (Wildman–Crippen LogP) is 3.24. The summed E-state index contributed by atoms with van der Waals surface area (Å²) >= 11 is 1.02. The summed E-state index contributed by atoms with van der Waals surface area (Å²) in [5.41, 5.74) is 1.30. The zero-order chi connectivity index (χ0) is 10.9. The van der Waals surface area contributed by atoms with Crippen molar-refractivity contribution in [2.45, 2.75) is 12.6 Å². The van der Waals surface area contributed by atoms with E-state index in [2.05, 4.69) is 9.97 Å². The molecule has 0 aromatic carbocycles. The van der Waals surface area contributed by atoms with Gasteiger partial charge >= 0.3 is 6.18 Å².